The normalized spacial score (nSPS) is 20.3. The second-order valence-electron chi connectivity index (χ2n) is 5.85. The molecular formula is C15H16FN3O4. The van der Waals surface area contributed by atoms with Crippen LogP contribution in [0.3, 0.4) is 0 Å². The summed E-state index contributed by atoms with van der Waals surface area (Å²) in [7, 11) is 0. The molecule has 0 aliphatic carbocycles. The number of anilines is 2. The lowest BCUT2D eigenvalue weighted by molar-refractivity contribution is -0.124. The third kappa shape index (κ3) is 2.39. The van der Waals surface area contributed by atoms with E-state index >= 15 is 0 Å². The first-order chi connectivity index (χ1) is 10.8. The van der Waals surface area contributed by atoms with Crippen molar-refractivity contribution in [2.45, 2.75) is 32.4 Å². The van der Waals surface area contributed by atoms with Crippen LogP contribution in [0.4, 0.5) is 20.6 Å². The maximum atomic E-state index is 14.5. The first-order valence-corrected chi connectivity index (χ1v) is 7.21. The molecule has 2 aliphatic rings. The molecule has 0 bridgehead atoms. The van der Waals surface area contributed by atoms with Gasteiger partial charge in [-0.1, -0.05) is 0 Å². The molecule has 2 heterocycles. The summed E-state index contributed by atoms with van der Waals surface area (Å²) in [4.78, 5) is 37.6. The summed E-state index contributed by atoms with van der Waals surface area (Å²) >= 11 is 0. The Hall–Kier alpha value is -2.64. The smallest absolute Gasteiger partial charge is 0.415 e. The van der Waals surface area contributed by atoms with Crippen molar-refractivity contribution in [3.05, 3.63) is 23.5 Å². The predicted molar refractivity (Wildman–Crippen MR) is 79.5 cm³/mol. The lowest BCUT2D eigenvalue weighted by atomic mass is 10.1. The van der Waals surface area contributed by atoms with Gasteiger partial charge in [-0.2, -0.15) is 0 Å². The van der Waals surface area contributed by atoms with Gasteiger partial charge in [-0.15, -0.1) is 0 Å². The fraction of sp³-hybridized carbons (Fsp3) is 0.400. The van der Waals surface area contributed by atoms with Gasteiger partial charge >= 0.3 is 6.09 Å². The fourth-order valence-corrected chi connectivity index (χ4v) is 2.94. The molecule has 0 unspecified atom stereocenters. The largest absolute Gasteiger partial charge is 0.434 e. The van der Waals surface area contributed by atoms with E-state index < -0.39 is 23.9 Å². The number of nitrogens with zero attached hydrogens (tertiary/aromatic N) is 2. The first-order valence-electron chi connectivity index (χ1n) is 7.21. The minimum absolute atomic E-state index is 0.0699. The van der Waals surface area contributed by atoms with Crippen molar-refractivity contribution in [1.29, 1.82) is 0 Å². The number of fused-ring (bicyclic) bond motifs is 1. The minimum atomic E-state index is -1.06. The van der Waals surface area contributed by atoms with Crippen LogP contribution in [-0.4, -0.2) is 36.6 Å². The quantitative estimate of drug-likeness (QED) is 0.896. The van der Waals surface area contributed by atoms with Gasteiger partial charge in [0.2, 0.25) is 5.91 Å². The molecule has 2 aliphatic heterocycles. The second-order valence-corrected chi connectivity index (χ2v) is 5.85. The number of carbonyl (C=O) groups is 3. The molecule has 0 aromatic heterocycles. The molecule has 0 radical (unpaired) electrons. The molecule has 2 N–H and O–H groups in total. The third-order valence-corrected chi connectivity index (χ3v) is 3.94. The van der Waals surface area contributed by atoms with Crippen molar-refractivity contribution in [1.82, 2.24) is 0 Å². The number of halogens is 1. The number of amides is 3. The standard InChI is InChI=1S/C15H16FN3O4/c1-7(2)19-12(20)4-8-3-9(5-10(16)13(8)19)18-6-11(14(17)21)23-15(18)22/h3,5,7,11H,4,6H2,1-2H3,(H2,17,21)/t11-/m1/s1. The fourth-order valence-electron chi connectivity index (χ4n) is 2.94. The minimum Gasteiger partial charge on any atom is -0.434 e. The van der Waals surface area contributed by atoms with Crippen LogP contribution in [0.15, 0.2) is 12.1 Å². The molecule has 1 aromatic carbocycles. The number of carbonyl (C=O) groups excluding carboxylic acids is 3. The number of hydrogen-bond donors (Lipinski definition) is 1. The van der Waals surface area contributed by atoms with E-state index in [1.807, 2.05) is 0 Å². The van der Waals surface area contributed by atoms with E-state index in [4.69, 9.17) is 10.5 Å². The molecule has 1 atom stereocenters. The number of primary amides is 1. The Morgan fingerprint density at radius 1 is 1.39 bits per heavy atom. The summed E-state index contributed by atoms with van der Waals surface area (Å²) in [5, 5.41) is 0. The number of cyclic esters (lactones) is 1. The lowest BCUT2D eigenvalue weighted by Crippen LogP contribution is -2.34. The second kappa shape index (κ2) is 5.22. The first kappa shape index (κ1) is 15.3. The Balaban J connectivity index is 1.98. The highest BCUT2D eigenvalue weighted by molar-refractivity contribution is 6.03. The van der Waals surface area contributed by atoms with Gasteiger partial charge in [0.15, 0.2) is 6.10 Å². The molecule has 3 rings (SSSR count). The summed E-state index contributed by atoms with van der Waals surface area (Å²) in [6.45, 7) is 3.53. The number of benzene rings is 1. The van der Waals surface area contributed by atoms with Gasteiger partial charge in [-0.3, -0.25) is 14.5 Å². The average Bonchev–Trinajstić information content (AvgIpc) is 2.98. The molecule has 0 saturated carbocycles. The number of nitrogens with two attached hydrogens (primary N) is 1. The Kier molecular flexibility index (Phi) is 3.46. The Bertz CT molecular complexity index is 719. The SMILES string of the molecule is CC(C)N1C(=O)Cc2cc(N3C[C@H](C(N)=O)OC3=O)cc(F)c21. The lowest BCUT2D eigenvalue weighted by Gasteiger charge is -2.23. The van der Waals surface area contributed by atoms with Crippen LogP contribution in [0.5, 0.6) is 0 Å². The molecule has 23 heavy (non-hydrogen) atoms. The van der Waals surface area contributed by atoms with Crippen LogP contribution in [0, 0.1) is 5.82 Å². The van der Waals surface area contributed by atoms with Gasteiger partial charge in [-0.05, 0) is 31.5 Å². The monoisotopic (exact) mass is 321 g/mol. The van der Waals surface area contributed by atoms with E-state index in [9.17, 15) is 18.8 Å². The number of hydrogen-bond acceptors (Lipinski definition) is 4. The molecule has 1 saturated heterocycles. The van der Waals surface area contributed by atoms with Crippen LogP contribution in [-0.2, 0) is 20.7 Å². The van der Waals surface area contributed by atoms with E-state index in [0.717, 1.165) is 11.0 Å². The highest BCUT2D eigenvalue weighted by Gasteiger charge is 2.38. The summed E-state index contributed by atoms with van der Waals surface area (Å²) in [5.74, 6) is -1.54. The Morgan fingerprint density at radius 3 is 2.65 bits per heavy atom. The van der Waals surface area contributed by atoms with Crippen LogP contribution in [0.2, 0.25) is 0 Å². The van der Waals surface area contributed by atoms with Crippen LogP contribution in [0.25, 0.3) is 0 Å². The van der Waals surface area contributed by atoms with E-state index in [0.29, 0.717) is 5.56 Å². The highest BCUT2D eigenvalue weighted by Crippen LogP contribution is 2.37. The van der Waals surface area contributed by atoms with E-state index in [1.165, 1.54) is 4.90 Å². The predicted octanol–water partition coefficient (Wildman–Crippen LogP) is 0.934. The van der Waals surface area contributed by atoms with Crippen LogP contribution < -0.4 is 15.5 Å². The molecule has 1 aromatic rings. The van der Waals surface area contributed by atoms with Crippen LogP contribution in [0.1, 0.15) is 19.4 Å². The molecule has 3 amide bonds. The molecule has 7 nitrogen and oxygen atoms in total. The summed E-state index contributed by atoms with van der Waals surface area (Å²) in [6, 6.07) is 2.57. The van der Waals surface area contributed by atoms with Crippen molar-refractivity contribution < 1.29 is 23.5 Å². The molecule has 122 valence electrons. The number of rotatable bonds is 3. The van der Waals surface area contributed by atoms with Crippen LogP contribution >= 0.6 is 0 Å². The Labute approximate surface area is 131 Å². The van der Waals surface area contributed by atoms with Gasteiger partial charge in [0.05, 0.1) is 24.3 Å². The highest BCUT2D eigenvalue weighted by atomic mass is 19.1. The average molecular weight is 321 g/mol. The molecule has 8 heteroatoms. The van der Waals surface area contributed by atoms with Crippen molar-refractivity contribution in [3.63, 3.8) is 0 Å². The zero-order valence-electron chi connectivity index (χ0n) is 12.7. The molecular weight excluding hydrogens is 305 g/mol. The van der Waals surface area contributed by atoms with Crippen molar-refractivity contribution >= 4 is 29.3 Å². The van der Waals surface area contributed by atoms with Crippen molar-refractivity contribution in [2.24, 2.45) is 5.73 Å². The van der Waals surface area contributed by atoms with Gasteiger partial charge in [0.1, 0.15) is 5.82 Å². The van der Waals surface area contributed by atoms with E-state index in [2.05, 4.69) is 0 Å². The zero-order chi connectivity index (χ0) is 16.9. The summed E-state index contributed by atoms with van der Waals surface area (Å²) < 4.78 is 19.3. The number of ether oxygens (including phenoxy) is 1. The Morgan fingerprint density at radius 2 is 2.09 bits per heavy atom. The van der Waals surface area contributed by atoms with Crippen molar-refractivity contribution in [2.75, 3.05) is 16.3 Å². The van der Waals surface area contributed by atoms with Gasteiger partial charge in [0.25, 0.3) is 5.91 Å². The molecule has 0 spiro atoms. The van der Waals surface area contributed by atoms with Gasteiger partial charge in [-0.25, -0.2) is 9.18 Å². The van der Waals surface area contributed by atoms with Crippen molar-refractivity contribution in [3.8, 4) is 0 Å². The van der Waals surface area contributed by atoms with E-state index in [1.54, 1.807) is 19.9 Å². The maximum absolute atomic E-state index is 14.5. The summed E-state index contributed by atoms with van der Waals surface area (Å²) in [5.41, 5.74) is 6.12. The zero-order valence-corrected chi connectivity index (χ0v) is 12.7. The summed E-state index contributed by atoms with van der Waals surface area (Å²) in [6.07, 6.45) is -1.76. The maximum Gasteiger partial charge on any atom is 0.415 e. The van der Waals surface area contributed by atoms with Gasteiger partial charge < -0.3 is 15.4 Å². The topological polar surface area (TPSA) is 92.9 Å². The van der Waals surface area contributed by atoms with E-state index in [-0.39, 0.29) is 36.3 Å². The molecule has 1 fully saturated rings. The van der Waals surface area contributed by atoms with Gasteiger partial charge in [0, 0.05) is 6.04 Å². The third-order valence-electron chi connectivity index (χ3n) is 3.94.